The SMILES string of the molecule is COc1ccc(-c2ccc3c(c2)CC[C@H](N2CCCC2)C3)cc1. The molecule has 120 valence electrons. The van der Waals surface area contributed by atoms with Crippen LogP contribution in [0.2, 0.25) is 0 Å². The Balaban J connectivity index is 1.54. The molecule has 2 aliphatic rings. The fourth-order valence-electron chi connectivity index (χ4n) is 4.12. The Hall–Kier alpha value is -1.80. The lowest BCUT2D eigenvalue weighted by atomic mass is 9.85. The van der Waals surface area contributed by atoms with E-state index in [1.165, 1.54) is 56.3 Å². The summed E-state index contributed by atoms with van der Waals surface area (Å²) in [5.41, 5.74) is 5.71. The summed E-state index contributed by atoms with van der Waals surface area (Å²) in [7, 11) is 1.71. The van der Waals surface area contributed by atoms with Crippen molar-refractivity contribution >= 4 is 0 Å². The van der Waals surface area contributed by atoms with Crippen molar-refractivity contribution in [2.75, 3.05) is 20.2 Å². The van der Waals surface area contributed by atoms with Gasteiger partial charge in [-0.05, 0) is 79.6 Å². The molecule has 0 N–H and O–H groups in total. The van der Waals surface area contributed by atoms with Crippen LogP contribution in [0, 0.1) is 0 Å². The smallest absolute Gasteiger partial charge is 0.118 e. The van der Waals surface area contributed by atoms with Gasteiger partial charge in [-0.1, -0.05) is 30.3 Å². The largest absolute Gasteiger partial charge is 0.497 e. The molecule has 1 saturated heterocycles. The number of likely N-dealkylation sites (tertiary alicyclic amines) is 1. The molecule has 0 amide bonds. The molecule has 2 aromatic carbocycles. The average molecular weight is 307 g/mol. The highest BCUT2D eigenvalue weighted by Crippen LogP contribution is 2.31. The van der Waals surface area contributed by atoms with E-state index in [9.17, 15) is 0 Å². The van der Waals surface area contributed by atoms with Gasteiger partial charge in [-0.25, -0.2) is 0 Å². The Labute approximate surface area is 139 Å². The first kappa shape index (κ1) is 14.8. The maximum absolute atomic E-state index is 5.25. The molecule has 4 rings (SSSR count). The van der Waals surface area contributed by atoms with Crippen LogP contribution in [0.1, 0.15) is 30.4 Å². The van der Waals surface area contributed by atoms with Crippen molar-refractivity contribution in [1.82, 2.24) is 4.90 Å². The molecule has 0 spiro atoms. The first-order valence-electron chi connectivity index (χ1n) is 8.84. The van der Waals surface area contributed by atoms with E-state index >= 15 is 0 Å². The van der Waals surface area contributed by atoms with Gasteiger partial charge in [-0.15, -0.1) is 0 Å². The van der Waals surface area contributed by atoms with Gasteiger partial charge in [-0.2, -0.15) is 0 Å². The van der Waals surface area contributed by atoms with Crippen LogP contribution in [-0.2, 0) is 12.8 Å². The molecule has 23 heavy (non-hydrogen) atoms. The first-order valence-corrected chi connectivity index (χ1v) is 8.84. The third-order valence-electron chi connectivity index (χ3n) is 5.49. The van der Waals surface area contributed by atoms with Gasteiger partial charge in [0.25, 0.3) is 0 Å². The number of benzene rings is 2. The molecule has 1 aliphatic carbocycles. The van der Waals surface area contributed by atoms with E-state index in [0.29, 0.717) is 0 Å². The maximum Gasteiger partial charge on any atom is 0.118 e. The molecule has 1 atom stereocenters. The predicted molar refractivity (Wildman–Crippen MR) is 95.1 cm³/mol. The van der Waals surface area contributed by atoms with Crippen molar-refractivity contribution < 1.29 is 4.74 Å². The Morgan fingerprint density at radius 3 is 2.39 bits per heavy atom. The molecule has 2 aromatic rings. The molecule has 1 fully saturated rings. The van der Waals surface area contributed by atoms with Crippen LogP contribution in [0.15, 0.2) is 42.5 Å². The van der Waals surface area contributed by atoms with Gasteiger partial charge < -0.3 is 9.64 Å². The van der Waals surface area contributed by atoms with Crippen LogP contribution in [0.4, 0.5) is 0 Å². The number of aryl methyl sites for hydroxylation is 1. The van der Waals surface area contributed by atoms with E-state index in [1.807, 2.05) is 12.1 Å². The highest BCUT2D eigenvalue weighted by Gasteiger charge is 2.26. The summed E-state index contributed by atoms with van der Waals surface area (Å²) in [4.78, 5) is 2.71. The van der Waals surface area contributed by atoms with Crippen molar-refractivity contribution in [3.05, 3.63) is 53.6 Å². The lowest BCUT2D eigenvalue weighted by molar-refractivity contribution is 0.222. The third kappa shape index (κ3) is 3.00. The third-order valence-corrected chi connectivity index (χ3v) is 5.49. The van der Waals surface area contributed by atoms with Gasteiger partial charge >= 0.3 is 0 Å². The Kier molecular flexibility index (Phi) is 4.09. The second kappa shape index (κ2) is 6.37. The van der Waals surface area contributed by atoms with Crippen LogP contribution < -0.4 is 4.74 Å². The molecule has 2 nitrogen and oxygen atoms in total. The van der Waals surface area contributed by atoms with Crippen LogP contribution in [0.25, 0.3) is 11.1 Å². The number of nitrogens with zero attached hydrogens (tertiary/aromatic N) is 1. The average Bonchev–Trinajstić information content (AvgIpc) is 3.15. The van der Waals surface area contributed by atoms with Gasteiger partial charge in [0.2, 0.25) is 0 Å². The fraction of sp³-hybridized carbons (Fsp3) is 0.429. The Bertz CT molecular complexity index is 671. The molecule has 2 heteroatoms. The van der Waals surface area contributed by atoms with E-state index in [-0.39, 0.29) is 0 Å². The first-order chi connectivity index (χ1) is 11.3. The van der Waals surface area contributed by atoms with Crippen LogP contribution >= 0.6 is 0 Å². The Morgan fingerprint density at radius 1 is 0.913 bits per heavy atom. The Morgan fingerprint density at radius 2 is 1.65 bits per heavy atom. The van der Waals surface area contributed by atoms with Crippen molar-refractivity contribution in [1.29, 1.82) is 0 Å². The highest BCUT2D eigenvalue weighted by molar-refractivity contribution is 5.66. The predicted octanol–water partition coefficient (Wildman–Crippen LogP) is 4.32. The minimum absolute atomic E-state index is 0.775. The molecule has 0 unspecified atom stereocenters. The number of hydrogen-bond acceptors (Lipinski definition) is 2. The molecule has 1 heterocycles. The van der Waals surface area contributed by atoms with Gasteiger partial charge in [0, 0.05) is 6.04 Å². The van der Waals surface area contributed by atoms with Gasteiger partial charge in [0.15, 0.2) is 0 Å². The van der Waals surface area contributed by atoms with Crippen LogP contribution in [0.3, 0.4) is 0 Å². The second-order valence-corrected chi connectivity index (χ2v) is 6.85. The number of rotatable bonds is 3. The summed E-state index contributed by atoms with van der Waals surface area (Å²) in [6, 6.07) is 16.2. The van der Waals surface area contributed by atoms with Gasteiger partial charge in [0.1, 0.15) is 5.75 Å². The molecule has 0 aromatic heterocycles. The topological polar surface area (TPSA) is 12.5 Å². The zero-order chi connectivity index (χ0) is 15.6. The van der Waals surface area contributed by atoms with E-state index in [1.54, 1.807) is 18.2 Å². The van der Waals surface area contributed by atoms with Crippen molar-refractivity contribution in [3.63, 3.8) is 0 Å². The molecule has 1 aliphatic heterocycles. The minimum Gasteiger partial charge on any atom is -0.497 e. The summed E-state index contributed by atoms with van der Waals surface area (Å²) in [5.74, 6) is 0.917. The summed E-state index contributed by atoms with van der Waals surface area (Å²) in [6.07, 6.45) is 6.55. The fourth-order valence-corrected chi connectivity index (χ4v) is 4.12. The van der Waals surface area contributed by atoms with E-state index in [4.69, 9.17) is 4.74 Å². The van der Waals surface area contributed by atoms with E-state index in [2.05, 4.69) is 35.2 Å². The second-order valence-electron chi connectivity index (χ2n) is 6.85. The monoisotopic (exact) mass is 307 g/mol. The number of hydrogen-bond donors (Lipinski definition) is 0. The molecule has 0 radical (unpaired) electrons. The van der Waals surface area contributed by atoms with Gasteiger partial charge in [-0.3, -0.25) is 0 Å². The zero-order valence-electron chi connectivity index (χ0n) is 13.9. The number of ether oxygens (including phenoxy) is 1. The van der Waals surface area contributed by atoms with Crippen molar-refractivity contribution in [2.24, 2.45) is 0 Å². The standard InChI is InChI=1S/C21H25NO/c1-23-21-10-7-16(8-11-21)17-4-5-19-15-20(9-6-18(19)14-17)22-12-2-3-13-22/h4-5,7-8,10-11,14,20H,2-3,6,9,12-13,15H2,1H3/t20-/m0/s1. The summed E-state index contributed by atoms with van der Waals surface area (Å²) >= 11 is 0. The van der Waals surface area contributed by atoms with Gasteiger partial charge in [0.05, 0.1) is 7.11 Å². The number of methoxy groups -OCH3 is 1. The zero-order valence-corrected chi connectivity index (χ0v) is 13.9. The lowest BCUT2D eigenvalue weighted by Crippen LogP contribution is -2.37. The molecule has 0 saturated carbocycles. The summed E-state index contributed by atoms with van der Waals surface area (Å²) in [6.45, 7) is 2.62. The van der Waals surface area contributed by atoms with E-state index in [0.717, 1.165) is 11.8 Å². The maximum atomic E-state index is 5.25. The van der Waals surface area contributed by atoms with Crippen molar-refractivity contribution in [2.45, 2.75) is 38.1 Å². The van der Waals surface area contributed by atoms with Crippen molar-refractivity contribution in [3.8, 4) is 16.9 Å². The highest BCUT2D eigenvalue weighted by atomic mass is 16.5. The molecular weight excluding hydrogens is 282 g/mol. The molecule has 0 bridgehead atoms. The summed E-state index contributed by atoms with van der Waals surface area (Å²) < 4.78 is 5.25. The normalized spacial score (nSPS) is 21.2. The summed E-state index contributed by atoms with van der Waals surface area (Å²) in [5, 5.41) is 0. The van der Waals surface area contributed by atoms with Crippen LogP contribution in [0.5, 0.6) is 5.75 Å². The lowest BCUT2D eigenvalue weighted by Gasteiger charge is -2.32. The van der Waals surface area contributed by atoms with E-state index < -0.39 is 0 Å². The number of fused-ring (bicyclic) bond motifs is 1. The quantitative estimate of drug-likeness (QED) is 0.837. The molecular formula is C21H25NO. The van der Waals surface area contributed by atoms with Crippen LogP contribution in [-0.4, -0.2) is 31.1 Å². The minimum atomic E-state index is 0.775.